The van der Waals surface area contributed by atoms with Gasteiger partial charge in [0.15, 0.2) is 0 Å². The van der Waals surface area contributed by atoms with Gasteiger partial charge in [-0.2, -0.15) is 13.2 Å². The molecule has 1 aliphatic heterocycles. The minimum absolute atomic E-state index is 0.000355. The normalized spacial score (nSPS) is 15.0. The first-order valence-corrected chi connectivity index (χ1v) is 6.97. The maximum atomic E-state index is 12.8. The van der Waals surface area contributed by atoms with Gasteiger partial charge in [-0.25, -0.2) is 0 Å². The van der Waals surface area contributed by atoms with Gasteiger partial charge in [-0.1, -0.05) is 0 Å². The zero-order chi connectivity index (χ0) is 16.2. The number of halogens is 3. The van der Waals surface area contributed by atoms with Crippen molar-refractivity contribution in [3.05, 3.63) is 29.6 Å². The van der Waals surface area contributed by atoms with E-state index in [0.29, 0.717) is 13.1 Å². The summed E-state index contributed by atoms with van der Waals surface area (Å²) in [6.45, 7) is 1.40. The molecule has 1 aromatic rings. The van der Waals surface area contributed by atoms with Gasteiger partial charge in [-0.3, -0.25) is 14.6 Å². The standard InChI is InChI=1S/C14H16F3N3O2/c15-14(16,17)11-3-5-18-9-10(11)13(22)19-6-4-12(21)20-7-1-2-8-20/h3,5,9H,1-2,4,6-8H2,(H,19,22). The van der Waals surface area contributed by atoms with Crippen molar-refractivity contribution in [3.8, 4) is 0 Å². The summed E-state index contributed by atoms with van der Waals surface area (Å²) in [6, 6.07) is 0.754. The maximum absolute atomic E-state index is 12.8. The molecule has 0 aliphatic carbocycles. The highest BCUT2D eigenvalue weighted by Crippen LogP contribution is 2.31. The number of amides is 2. The molecule has 1 N–H and O–H groups in total. The molecular weight excluding hydrogens is 299 g/mol. The molecule has 120 valence electrons. The molecule has 0 bridgehead atoms. The molecule has 2 amide bonds. The Bertz CT molecular complexity index is 555. The van der Waals surface area contributed by atoms with Crippen LogP contribution in [0.3, 0.4) is 0 Å². The van der Waals surface area contributed by atoms with E-state index in [2.05, 4.69) is 10.3 Å². The predicted molar refractivity (Wildman–Crippen MR) is 72.0 cm³/mol. The van der Waals surface area contributed by atoms with E-state index >= 15 is 0 Å². The molecule has 2 heterocycles. The van der Waals surface area contributed by atoms with Crippen LogP contribution in [0.25, 0.3) is 0 Å². The number of pyridine rings is 1. The Labute approximate surface area is 125 Å². The number of nitrogens with zero attached hydrogens (tertiary/aromatic N) is 2. The van der Waals surface area contributed by atoms with Gasteiger partial charge in [0.1, 0.15) is 0 Å². The molecule has 0 unspecified atom stereocenters. The van der Waals surface area contributed by atoms with E-state index in [1.807, 2.05) is 0 Å². The molecule has 0 saturated carbocycles. The smallest absolute Gasteiger partial charge is 0.351 e. The first kappa shape index (κ1) is 16.3. The second-order valence-electron chi connectivity index (χ2n) is 5.01. The van der Waals surface area contributed by atoms with Gasteiger partial charge < -0.3 is 10.2 Å². The zero-order valence-corrected chi connectivity index (χ0v) is 11.8. The Morgan fingerprint density at radius 1 is 1.27 bits per heavy atom. The summed E-state index contributed by atoms with van der Waals surface area (Å²) in [4.78, 5) is 28.9. The van der Waals surface area contributed by atoms with Crippen molar-refractivity contribution in [2.24, 2.45) is 0 Å². The number of carbonyl (C=O) groups is 2. The number of rotatable bonds is 4. The summed E-state index contributed by atoms with van der Waals surface area (Å²) in [7, 11) is 0. The molecular formula is C14H16F3N3O2. The molecule has 8 heteroatoms. The van der Waals surface area contributed by atoms with Gasteiger partial charge in [-0.15, -0.1) is 0 Å². The Balaban J connectivity index is 1.91. The number of likely N-dealkylation sites (tertiary alicyclic amines) is 1. The third kappa shape index (κ3) is 3.96. The van der Waals surface area contributed by atoms with E-state index in [0.717, 1.165) is 31.3 Å². The summed E-state index contributed by atoms with van der Waals surface area (Å²) in [5.41, 5.74) is -1.57. The van der Waals surface area contributed by atoms with Crippen molar-refractivity contribution in [1.29, 1.82) is 0 Å². The van der Waals surface area contributed by atoms with Gasteiger partial charge in [0.05, 0.1) is 11.1 Å². The summed E-state index contributed by atoms with van der Waals surface area (Å²) in [6.07, 6.45) is -0.767. The van der Waals surface area contributed by atoms with E-state index in [4.69, 9.17) is 0 Å². The number of hydrogen-bond donors (Lipinski definition) is 1. The Morgan fingerprint density at radius 2 is 1.95 bits per heavy atom. The number of hydrogen-bond acceptors (Lipinski definition) is 3. The van der Waals surface area contributed by atoms with Gasteiger partial charge >= 0.3 is 6.18 Å². The predicted octanol–water partition coefficient (Wildman–Crippen LogP) is 1.84. The van der Waals surface area contributed by atoms with Crippen LogP contribution in [0.2, 0.25) is 0 Å². The van der Waals surface area contributed by atoms with Crippen molar-refractivity contribution in [2.75, 3.05) is 19.6 Å². The zero-order valence-electron chi connectivity index (χ0n) is 11.8. The lowest BCUT2D eigenvalue weighted by molar-refractivity contribution is -0.138. The Hall–Kier alpha value is -2.12. The van der Waals surface area contributed by atoms with E-state index in [1.54, 1.807) is 4.90 Å². The maximum Gasteiger partial charge on any atom is 0.417 e. The largest absolute Gasteiger partial charge is 0.417 e. The summed E-state index contributed by atoms with van der Waals surface area (Å²) < 4.78 is 38.4. The molecule has 22 heavy (non-hydrogen) atoms. The fraction of sp³-hybridized carbons (Fsp3) is 0.500. The molecule has 1 aliphatic rings. The number of nitrogens with one attached hydrogen (secondary N) is 1. The lowest BCUT2D eigenvalue weighted by Gasteiger charge is -2.15. The summed E-state index contributed by atoms with van der Waals surface area (Å²) in [5.74, 6) is -0.977. The third-order valence-electron chi connectivity index (χ3n) is 3.45. The molecule has 0 spiro atoms. The number of alkyl halides is 3. The van der Waals surface area contributed by atoms with Crippen molar-refractivity contribution < 1.29 is 22.8 Å². The average Bonchev–Trinajstić information content (AvgIpc) is 3.00. The monoisotopic (exact) mass is 315 g/mol. The van der Waals surface area contributed by atoms with Crippen LogP contribution in [0.4, 0.5) is 13.2 Å². The molecule has 1 saturated heterocycles. The van der Waals surface area contributed by atoms with Crippen molar-refractivity contribution in [1.82, 2.24) is 15.2 Å². The fourth-order valence-electron chi connectivity index (χ4n) is 2.33. The molecule has 2 rings (SSSR count). The lowest BCUT2D eigenvalue weighted by atomic mass is 10.1. The van der Waals surface area contributed by atoms with E-state index in [9.17, 15) is 22.8 Å². The highest BCUT2D eigenvalue weighted by atomic mass is 19.4. The van der Waals surface area contributed by atoms with Crippen LogP contribution in [0.1, 0.15) is 35.2 Å². The molecule has 0 aromatic carbocycles. The summed E-state index contributed by atoms with van der Waals surface area (Å²) >= 11 is 0. The molecule has 5 nitrogen and oxygen atoms in total. The Morgan fingerprint density at radius 3 is 2.59 bits per heavy atom. The third-order valence-corrected chi connectivity index (χ3v) is 3.45. The highest BCUT2D eigenvalue weighted by molar-refractivity contribution is 5.95. The second-order valence-corrected chi connectivity index (χ2v) is 5.01. The van der Waals surface area contributed by atoms with Gasteiger partial charge in [0, 0.05) is 38.4 Å². The molecule has 1 aromatic heterocycles. The van der Waals surface area contributed by atoms with E-state index < -0.39 is 23.2 Å². The minimum Gasteiger partial charge on any atom is -0.351 e. The van der Waals surface area contributed by atoms with Crippen molar-refractivity contribution in [3.63, 3.8) is 0 Å². The molecule has 1 fully saturated rings. The highest BCUT2D eigenvalue weighted by Gasteiger charge is 2.35. The van der Waals surface area contributed by atoms with Crippen LogP contribution in [-0.2, 0) is 11.0 Å². The lowest BCUT2D eigenvalue weighted by Crippen LogP contribution is -2.33. The van der Waals surface area contributed by atoms with E-state index in [1.165, 1.54) is 0 Å². The van der Waals surface area contributed by atoms with Gasteiger partial charge in [0.2, 0.25) is 5.91 Å². The van der Waals surface area contributed by atoms with Crippen LogP contribution >= 0.6 is 0 Å². The first-order valence-electron chi connectivity index (χ1n) is 6.97. The molecule has 0 radical (unpaired) electrons. The second kappa shape index (κ2) is 6.76. The quantitative estimate of drug-likeness (QED) is 0.922. The van der Waals surface area contributed by atoms with Crippen LogP contribution < -0.4 is 5.32 Å². The first-order chi connectivity index (χ1) is 10.4. The van der Waals surface area contributed by atoms with Crippen LogP contribution in [-0.4, -0.2) is 41.3 Å². The Kier molecular flexibility index (Phi) is 4.99. The average molecular weight is 315 g/mol. The topological polar surface area (TPSA) is 62.3 Å². The summed E-state index contributed by atoms with van der Waals surface area (Å²) in [5, 5.41) is 2.34. The fourth-order valence-corrected chi connectivity index (χ4v) is 2.33. The van der Waals surface area contributed by atoms with Gasteiger partial charge in [-0.05, 0) is 18.9 Å². The number of carbonyl (C=O) groups excluding carboxylic acids is 2. The van der Waals surface area contributed by atoms with Crippen molar-refractivity contribution in [2.45, 2.75) is 25.4 Å². The van der Waals surface area contributed by atoms with E-state index in [-0.39, 0.29) is 18.9 Å². The van der Waals surface area contributed by atoms with Crippen molar-refractivity contribution >= 4 is 11.8 Å². The SMILES string of the molecule is O=C(NCCC(=O)N1CCCC1)c1cnccc1C(F)(F)F. The van der Waals surface area contributed by atoms with Crippen LogP contribution in [0.15, 0.2) is 18.5 Å². The molecule has 0 atom stereocenters. The van der Waals surface area contributed by atoms with Crippen LogP contribution in [0, 0.1) is 0 Å². The number of aromatic nitrogens is 1. The van der Waals surface area contributed by atoms with Gasteiger partial charge in [0.25, 0.3) is 5.91 Å². The minimum atomic E-state index is -4.62. The van der Waals surface area contributed by atoms with Crippen LogP contribution in [0.5, 0.6) is 0 Å².